The van der Waals surface area contributed by atoms with Crippen LogP contribution in [0, 0.1) is 0 Å². The fourth-order valence-electron chi connectivity index (χ4n) is 1.94. The molecular formula is C17H19NO5S. The fraction of sp³-hybridized carbons (Fsp3) is 0.235. The molecule has 0 heterocycles. The first-order valence-electron chi connectivity index (χ1n) is 7.40. The van der Waals surface area contributed by atoms with Crippen LogP contribution >= 0.6 is 0 Å². The van der Waals surface area contributed by atoms with Gasteiger partial charge in [-0.05, 0) is 48.9 Å². The molecule has 2 rings (SSSR count). The number of esters is 1. The number of carbonyl (C=O) groups excluding carboxylic acids is 1. The third-order valence-electron chi connectivity index (χ3n) is 3.16. The Balaban J connectivity index is 2.20. The van der Waals surface area contributed by atoms with Crippen molar-refractivity contribution in [3.05, 3.63) is 54.1 Å². The van der Waals surface area contributed by atoms with E-state index in [-0.39, 0.29) is 10.5 Å². The Bertz CT molecular complexity index is 800. The molecule has 0 bridgehead atoms. The van der Waals surface area contributed by atoms with E-state index in [1.54, 1.807) is 24.3 Å². The highest BCUT2D eigenvalue weighted by Gasteiger charge is 2.17. The summed E-state index contributed by atoms with van der Waals surface area (Å²) in [6.45, 7) is 2.17. The zero-order valence-electron chi connectivity index (χ0n) is 13.5. The Morgan fingerprint density at radius 3 is 2.46 bits per heavy atom. The molecule has 0 amide bonds. The molecule has 0 radical (unpaired) electrons. The Labute approximate surface area is 141 Å². The Morgan fingerprint density at radius 1 is 1.12 bits per heavy atom. The summed E-state index contributed by atoms with van der Waals surface area (Å²) >= 11 is 0. The molecule has 0 saturated heterocycles. The summed E-state index contributed by atoms with van der Waals surface area (Å²) in [5.41, 5.74) is 0.593. The van der Waals surface area contributed by atoms with Crippen molar-refractivity contribution in [2.75, 3.05) is 18.4 Å². The fourth-order valence-corrected chi connectivity index (χ4v) is 3.05. The van der Waals surface area contributed by atoms with Crippen LogP contribution in [-0.2, 0) is 14.8 Å². The second kappa shape index (κ2) is 7.83. The number of anilines is 1. The zero-order chi connectivity index (χ0) is 17.6. The Kier molecular flexibility index (Phi) is 5.81. The van der Waals surface area contributed by atoms with E-state index < -0.39 is 16.0 Å². The van der Waals surface area contributed by atoms with Crippen LogP contribution in [-0.4, -0.2) is 28.1 Å². The van der Waals surface area contributed by atoms with E-state index in [2.05, 4.69) is 4.72 Å². The second-order valence-corrected chi connectivity index (χ2v) is 6.68. The van der Waals surface area contributed by atoms with E-state index in [1.165, 1.54) is 31.4 Å². The van der Waals surface area contributed by atoms with E-state index in [0.29, 0.717) is 24.5 Å². The first-order chi connectivity index (χ1) is 11.5. The number of hydrogen-bond acceptors (Lipinski definition) is 5. The Morgan fingerprint density at radius 2 is 1.83 bits per heavy atom. The molecule has 0 spiro atoms. The van der Waals surface area contributed by atoms with E-state index >= 15 is 0 Å². The molecule has 0 atom stereocenters. The van der Waals surface area contributed by atoms with Gasteiger partial charge in [0, 0.05) is 5.69 Å². The largest absolute Gasteiger partial charge is 0.497 e. The molecule has 2 aromatic rings. The number of rotatable bonds is 7. The van der Waals surface area contributed by atoms with Crippen LogP contribution in [0.2, 0.25) is 0 Å². The topological polar surface area (TPSA) is 81.7 Å². The van der Waals surface area contributed by atoms with Gasteiger partial charge in [0.15, 0.2) is 0 Å². The monoisotopic (exact) mass is 349 g/mol. The number of benzene rings is 2. The van der Waals surface area contributed by atoms with Gasteiger partial charge in [0.1, 0.15) is 5.75 Å². The minimum Gasteiger partial charge on any atom is -0.497 e. The maximum Gasteiger partial charge on any atom is 0.338 e. The van der Waals surface area contributed by atoms with E-state index in [1.807, 2.05) is 6.92 Å². The van der Waals surface area contributed by atoms with Gasteiger partial charge in [-0.15, -0.1) is 0 Å². The number of methoxy groups -OCH3 is 1. The van der Waals surface area contributed by atoms with E-state index in [0.717, 1.165) is 0 Å². The van der Waals surface area contributed by atoms with Gasteiger partial charge in [0.25, 0.3) is 10.0 Å². The molecule has 0 aliphatic rings. The summed E-state index contributed by atoms with van der Waals surface area (Å²) in [7, 11) is -2.28. The highest BCUT2D eigenvalue weighted by molar-refractivity contribution is 7.92. The zero-order valence-corrected chi connectivity index (χ0v) is 14.3. The van der Waals surface area contributed by atoms with Crippen molar-refractivity contribution in [1.82, 2.24) is 0 Å². The number of nitrogens with one attached hydrogen (secondary N) is 1. The number of carbonyl (C=O) groups is 1. The molecule has 1 N–H and O–H groups in total. The van der Waals surface area contributed by atoms with Gasteiger partial charge in [-0.1, -0.05) is 13.0 Å². The van der Waals surface area contributed by atoms with Gasteiger partial charge in [-0.3, -0.25) is 4.72 Å². The van der Waals surface area contributed by atoms with Crippen molar-refractivity contribution in [2.45, 2.75) is 18.2 Å². The third kappa shape index (κ3) is 4.48. The van der Waals surface area contributed by atoms with Crippen LogP contribution in [0.1, 0.15) is 23.7 Å². The molecule has 7 heteroatoms. The lowest BCUT2D eigenvalue weighted by molar-refractivity contribution is 0.0505. The van der Waals surface area contributed by atoms with Gasteiger partial charge in [0.05, 0.1) is 24.2 Å². The van der Waals surface area contributed by atoms with Crippen LogP contribution in [0.3, 0.4) is 0 Å². The molecule has 2 aromatic carbocycles. The minimum atomic E-state index is -3.81. The lowest BCUT2D eigenvalue weighted by Gasteiger charge is -2.10. The first kappa shape index (κ1) is 17.8. The van der Waals surface area contributed by atoms with Crippen molar-refractivity contribution < 1.29 is 22.7 Å². The summed E-state index contributed by atoms with van der Waals surface area (Å²) in [6.07, 6.45) is 0.697. The maximum absolute atomic E-state index is 12.5. The van der Waals surface area contributed by atoms with Gasteiger partial charge in [-0.25, -0.2) is 13.2 Å². The van der Waals surface area contributed by atoms with Crippen molar-refractivity contribution in [3.8, 4) is 5.75 Å². The second-order valence-electron chi connectivity index (χ2n) is 5.00. The smallest absolute Gasteiger partial charge is 0.338 e. The minimum absolute atomic E-state index is 0.00994. The SMILES string of the molecule is CCCOC(=O)c1cccc(S(=O)(=O)Nc2ccc(OC)cc2)c1. The van der Waals surface area contributed by atoms with Crippen LogP contribution in [0.15, 0.2) is 53.4 Å². The molecule has 6 nitrogen and oxygen atoms in total. The van der Waals surface area contributed by atoms with Crippen molar-refractivity contribution in [1.29, 1.82) is 0 Å². The normalized spacial score (nSPS) is 10.9. The summed E-state index contributed by atoms with van der Waals surface area (Å²) in [4.78, 5) is 11.9. The number of sulfonamides is 1. The lowest BCUT2D eigenvalue weighted by Crippen LogP contribution is -2.14. The van der Waals surface area contributed by atoms with Gasteiger partial charge in [0.2, 0.25) is 0 Å². The summed E-state index contributed by atoms with van der Waals surface area (Å²) < 4.78 is 37.4. The molecule has 128 valence electrons. The van der Waals surface area contributed by atoms with Crippen molar-refractivity contribution >= 4 is 21.7 Å². The molecule has 0 unspecified atom stereocenters. The highest BCUT2D eigenvalue weighted by Crippen LogP contribution is 2.20. The predicted molar refractivity (Wildman–Crippen MR) is 90.8 cm³/mol. The molecule has 24 heavy (non-hydrogen) atoms. The number of hydrogen-bond donors (Lipinski definition) is 1. The average molecular weight is 349 g/mol. The van der Waals surface area contributed by atoms with E-state index in [4.69, 9.17) is 9.47 Å². The molecule has 0 aliphatic heterocycles. The molecule has 0 fully saturated rings. The quantitative estimate of drug-likeness (QED) is 0.777. The third-order valence-corrected chi connectivity index (χ3v) is 4.54. The molecule has 0 aromatic heterocycles. The summed E-state index contributed by atoms with van der Waals surface area (Å²) in [5.74, 6) is 0.0805. The maximum atomic E-state index is 12.5. The Hall–Kier alpha value is -2.54. The lowest BCUT2D eigenvalue weighted by atomic mass is 10.2. The summed E-state index contributed by atoms with van der Waals surface area (Å²) in [6, 6.07) is 12.2. The standard InChI is InChI=1S/C17H19NO5S/c1-3-11-23-17(19)13-5-4-6-16(12-13)24(20,21)18-14-7-9-15(22-2)10-8-14/h4-10,12,18H,3,11H2,1-2H3. The van der Waals surface area contributed by atoms with Crippen LogP contribution in [0.25, 0.3) is 0 Å². The average Bonchev–Trinajstić information content (AvgIpc) is 2.60. The van der Waals surface area contributed by atoms with E-state index in [9.17, 15) is 13.2 Å². The first-order valence-corrected chi connectivity index (χ1v) is 8.88. The number of ether oxygens (including phenoxy) is 2. The summed E-state index contributed by atoms with van der Waals surface area (Å²) in [5, 5.41) is 0. The predicted octanol–water partition coefficient (Wildman–Crippen LogP) is 3.06. The van der Waals surface area contributed by atoms with Crippen LogP contribution in [0.5, 0.6) is 5.75 Å². The van der Waals surface area contributed by atoms with Gasteiger partial charge in [-0.2, -0.15) is 0 Å². The van der Waals surface area contributed by atoms with Crippen LogP contribution in [0.4, 0.5) is 5.69 Å². The van der Waals surface area contributed by atoms with Crippen molar-refractivity contribution in [2.24, 2.45) is 0 Å². The van der Waals surface area contributed by atoms with Gasteiger partial charge < -0.3 is 9.47 Å². The van der Waals surface area contributed by atoms with Crippen molar-refractivity contribution in [3.63, 3.8) is 0 Å². The molecule has 0 aliphatic carbocycles. The highest BCUT2D eigenvalue weighted by atomic mass is 32.2. The van der Waals surface area contributed by atoms with Crippen LogP contribution < -0.4 is 9.46 Å². The molecular weight excluding hydrogens is 330 g/mol. The van der Waals surface area contributed by atoms with Gasteiger partial charge >= 0.3 is 5.97 Å². The molecule has 0 saturated carbocycles.